The largest absolute Gasteiger partial charge is 0.366 e. The maximum absolute atomic E-state index is 11.5. The van der Waals surface area contributed by atoms with Crippen LogP contribution in [0.2, 0.25) is 0 Å². The fourth-order valence-electron chi connectivity index (χ4n) is 2.24. The SMILES string of the molecule is NC(=O)c1cc(/C=C/c2ccccc2)cc2cc[nH]c12. The van der Waals surface area contributed by atoms with Crippen molar-refractivity contribution >= 4 is 29.0 Å². The van der Waals surface area contributed by atoms with Gasteiger partial charge in [-0.05, 0) is 29.3 Å². The Labute approximate surface area is 116 Å². The molecule has 0 aliphatic heterocycles. The van der Waals surface area contributed by atoms with Crippen LogP contribution in [0.5, 0.6) is 0 Å². The van der Waals surface area contributed by atoms with Gasteiger partial charge in [-0.15, -0.1) is 0 Å². The van der Waals surface area contributed by atoms with E-state index in [4.69, 9.17) is 5.73 Å². The zero-order chi connectivity index (χ0) is 13.9. The van der Waals surface area contributed by atoms with Gasteiger partial charge in [0.1, 0.15) is 0 Å². The van der Waals surface area contributed by atoms with Crippen molar-refractivity contribution in [3.63, 3.8) is 0 Å². The summed E-state index contributed by atoms with van der Waals surface area (Å²) in [5.74, 6) is -0.424. The van der Waals surface area contributed by atoms with Gasteiger partial charge < -0.3 is 10.7 Å². The molecule has 1 heterocycles. The van der Waals surface area contributed by atoms with Gasteiger partial charge in [0, 0.05) is 11.6 Å². The highest BCUT2D eigenvalue weighted by atomic mass is 16.1. The van der Waals surface area contributed by atoms with Crippen LogP contribution in [0, 0.1) is 0 Å². The lowest BCUT2D eigenvalue weighted by Gasteiger charge is -2.02. The van der Waals surface area contributed by atoms with Gasteiger partial charge in [0.25, 0.3) is 5.91 Å². The van der Waals surface area contributed by atoms with Crippen LogP contribution in [-0.4, -0.2) is 10.9 Å². The number of aromatic nitrogens is 1. The molecule has 20 heavy (non-hydrogen) atoms. The molecule has 3 aromatic rings. The topological polar surface area (TPSA) is 58.9 Å². The number of rotatable bonds is 3. The van der Waals surface area contributed by atoms with Crippen LogP contribution < -0.4 is 5.73 Å². The Bertz CT molecular complexity index is 785. The van der Waals surface area contributed by atoms with Crippen LogP contribution in [0.4, 0.5) is 0 Å². The molecule has 0 bridgehead atoms. The number of benzene rings is 2. The fourth-order valence-corrected chi connectivity index (χ4v) is 2.24. The molecule has 3 heteroatoms. The molecule has 3 nitrogen and oxygen atoms in total. The summed E-state index contributed by atoms with van der Waals surface area (Å²) >= 11 is 0. The molecule has 3 rings (SSSR count). The monoisotopic (exact) mass is 262 g/mol. The molecule has 1 amide bonds. The summed E-state index contributed by atoms with van der Waals surface area (Å²) < 4.78 is 0. The molecular weight excluding hydrogens is 248 g/mol. The summed E-state index contributed by atoms with van der Waals surface area (Å²) in [5, 5.41) is 0.981. The molecule has 0 saturated heterocycles. The fraction of sp³-hybridized carbons (Fsp3) is 0. The van der Waals surface area contributed by atoms with Gasteiger partial charge in [0.05, 0.1) is 11.1 Å². The van der Waals surface area contributed by atoms with E-state index < -0.39 is 5.91 Å². The summed E-state index contributed by atoms with van der Waals surface area (Å²) in [6, 6.07) is 15.8. The number of nitrogens with two attached hydrogens (primary N) is 1. The maximum Gasteiger partial charge on any atom is 0.250 e. The molecule has 0 saturated carbocycles. The summed E-state index contributed by atoms with van der Waals surface area (Å²) in [6.45, 7) is 0. The third-order valence-electron chi connectivity index (χ3n) is 3.22. The standard InChI is InChI=1S/C17H14N2O/c18-17(20)15-11-13(10-14-8-9-19-16(14)15)7-6-12-4-2-1-3-5-12/h1-11,19H,(H2,18,20)/b7-6+. The van der Waals surface area contributed by atoms with Gasteiger partial charge in [-0.2, -0.15) is 0 Å². The van der Waals surface area contributed by atoms with Crippen molar-refractivity contribution in [2.45, 2.75) is 0 Å². The van der Waals surface area contributed by atoms with Crippen molar-refractivity contribution in [1.29, 1.82) is 0 Å². The number of H-pyrrole nitrogens is 1. The van der Waals surface area contributed by atoms with E-state index in [1.165, 1.54) is 0 Å². The normalized spacial score (nSPS) is 11.2. The first-order valence-corrected chi connectivity index (χ1v) is 6.38. The number of hydrogen-bond donors (Lipinski definition) is 2. The van der Waals surface area contributed by atoms with Crippen molar-refractivity contribution in [2.24, 2.45) is 5.73 Å². The van der Waals surface area contributed by atoms with Crippen LogP contribution in [0.25, 0.3) is 23.1 Å². The Hall–Kier alpha value is -2.81. The highest BCUT2D eigenvalue weighted by Crippen LogP contribution is 2.21. The minimum absolute atomic E-state index is 0.424. The van der Waals surface area contributed by atoms with E-state index in [1.807, 2.05) is 60.8 Å². The van der Waals surface area contributed by atoms with Crippen LogP contribution in [0.15, 0.2) is 54.7 Å². The lowest BCUT2D eigenvalue weighted by molar-refractivity contribution is 0.100. The highest BCUT2D eigenvalue weighted by Gasteiger charge is 2.08. The van der Waals surface area contributed by atoms with E-state index in [0.29, 0.717) is 5.56 Å². The minimum Gasteiger partial charge on any atom is -0.366 e. The molecule has 0 aliphatic carbocycles. The van der Waals surface area contributed by atoms with Crippen molar-refractivity contribution in [3.8, 4) is 0 Å². The third kappa shape index (κ3) is 2.34. The van der Waals surface area contributed by atoms with Crippen molar-refractivity contribution < 1.29 is 4.79 Å². The summed E-state index contributed by atoms with van der Waals surface area (Å²) in [4.78, 5) is 14.6. The molecule has 0 unspecified atom stereocenters. The maximum atomic E-state index is 11.5. The second kappa shape index (κ2) is 5.05. The predicted octanol–water partition coefficient (Wildman–Crippen LogP) is 3.44. The summed E-state index contributed by atoms with van der Waals surface area (Å²) in [5.41, 5.74) is 8.80. The zero-order valence-electron chi connectivity index (χ0n) is 10.8. The van der Waals surface area contributed by atoms with Gasteiger partial charge in [-0.1, -0.05) is 42.5 Å². The van der Waals surface area contributed by atoms with Crippen LogP contribution in [0.1, 0.15) is 21.5 Å². The second-order valence-electron chi connectivity index (χ2n) is 4.62. The number of nitrogens with one attached hydrogen (secondary N) is 1. The molecule has 2 aromatic carbocycles. The Morgan fingerprint density at radius 1 is 1.00 bits per heavy atom. The van der Waals surface area contributed by atoms with Gasteiger partial charge >= 0.3 is 0 Å². The van der Waals surface area contributed by atoms with E-state index in [9.17, 15) is 4.79 Å². The quantitative estimate of drug-likeness (QED) is 0.698. The first kappa shape index (κ1) is 12.2. The van der Waals surface area contributed by atoms with E-state index in [0.717, 1.165) is 22.0 Å². The Morgan fingerprint density at radius 3 is 2.50 bits per heavy atom. The number of carbonyl (C=O) groups excluding carboxylic acids is 1. The number of carbonyl (C=O) groups is 1. The molecule has 1 aromatic heterocycles. The molecule has 3 N–H and O–H groups in total. The smallest absolute Gasteiger partial charge is 0.250 e. The Morgan fingerprint density at radius 2 is 1.75 bits per heavy atom. The first-order chi connectivity index (χ1) is 9.74. The van der Waals surface area contributed by atoms with Crippen molar-refractivity contribution in [3.05, 3.63) is 71.4 Å². The average Bonchev–Trinajstić information content (AvgIpc) is 2.93. The third-order valence-corrected chi connectivity index (χ3v) is 3.22. The molecule has 0 fully saturated rings. The van der Waals surface area contributed by atoms with Gasteiger partial charge in [0.15, 0.2) is 0 Å². The molecule has 0 aliphatic rings. The first-order valence-electron chi connectivity index (χ1n) is 6.38. The lowest BCUT2D eigenvalue weighted by atomic mass is 10.0. The number of hydrogen-bond acceptors (Lipinski definition) is 1. The second-order valence-corrected chi connectivity index (χ2v) is 4.62. The van der Waals surface area contributed by atoms with Gasteiger partial charge in [-0.3, -0.25) is 4.79 Å². The number of aromatic amines is 1. The lowest BCUT2D eigenvalue weighted by Crippen LogP contribution is -2.11. The molecule has 0 radical (unpaired) electrons. The summed E-state index contributed by atoms with van der Waals surface area (Å²) in [7, 11) is 0. The number of primary amides is 1. The number of amides is 1. The van der Waals surface area contributed by atoms with E-state index in [-0.39, 0.29) is 0 Å². The number of fused-ring (bicyclic) bond motifs is 1. The Balaban J connectivity index is 2.04. The van der Waals surface area contributed by atoms with E-state index in [2.05, 4.69) is 4.98 Å². The van der Waals surface area contributed by atoms with Crippen LogP contribution in [-0.2, 0) is 0 Å². The molecule has 0 spiro atoms. The molecule has 98 valence electrons. The minimum atomic E-state index is -0.424. The van der Waals surface area contributed by atoms with Crippen molar-refractivity contribution in [2.75, 3.05) is 0 Å². The van der Waals surface area contributed by atoms with Crippen LogP contribution in [0.3, 0.4) is 0 Å². The summed E-state index contributed by atoms with van der Waals surface area (Å²) in [6.07, 6.45) is 5.80. The van der Waals surface area contributed by atoms with E-state index in [1.54, 1.807) is 6.07 Å². The average molecular weight is 262 g/mol. The van der Waals surface area contributed by atoms with Gasteiger partial charge in [0.2, 0.25) is 0 Å². The zero-order valence-corrected chi connectivity index (χ0v) is 10.8. The van der Waals surface area contributed by atoms with Crippen molar-refractivity contribution in [1.82, 2.24) is 4.98 Å². The van der Waals surface area contributed by atoms with Crippen LogP contribution >= 0.6 is 0 Å². The molecule has 0 atom stereocenters. The van der Waals surface area contributed by atoms with Gasteiger partial charge in [-0.25, -0.2) is 0 Å². The highest BCUT2D eigenvalue weighted by molar-refractivity contribution is 6.06. The predicted molar refractivity (Wildman–Crippen MR) is 82.2 cm³/mol. The van der Waals surface area contributed by atoms with E-state index >= 15 is 0 Å². The Kier molecular flexibility index (Phi) is 3.09. The molecular formula is C17H14N2O.